The molecule has 1 aliphatic rings. The fourth-order valence-electron chi connectivity index (χ4n) is 2.71. The predicted molar refractivity (Wildman–Crippen MR) is 80.8 cm³/mol. The predicted octanol–water partition coefficient (Wildman–Crippen LogP) is 4.02. The Hall–Kier alpha value is -0.280. The summed E-state index contributed by atoms with van der Waals surface area (Å²) in [6, 6.07) is 5.56. The summed E-state index contributed by atoms with van der Waals surface area (Å²) in [6.07, 6.45) is 4.39. The summed E-state index contributed by atoms with van der Waals surface area (Å²) in [5.74, 6) is 0.766. The van der Waals surface area contributed by atoms with Gasteiger partial charge in [-0.3, -0.25) is 0 Å². The van der Waals surface area contributed by atoms with E-state index in [2.05, 4.69) is 12.2 Å². The van der Waals surface area contributed by atoms with Crippen LogP contribution in [0.5, 0.6) is 0 Å². The van der Waals surface area contributed by atoms with E-state index in [0.717, 1.165) is 24.3 Å². The number of aliphatic hydroxyl groups excluding tert-OH is 1. The lowest BCUT2D eigenvalue weighted by Crippen LogP contribution is -2.50. The summed E-state index contributed by atoms with van der Waals surface area (Å²) >= 11 is 12.0. The van der Waals surface area contributed by atoms with Crippen molar-refractivity contribution in [2.75, 3.05) is 6.61 Å². The van der Waals surface area contributed by atoms with Gasteiger partial charge in [-0.15, -0.1) is 0 Å². The van der Waals surface area contributed by atoms with Gasteiger partial charge in [-0.2, -0.15) is 0 Å². The van der Waals surface area contributed by atoms with E-state index >= 15 is 0 Å². The largest absolute Gasteiger partial charge is 0.394 e. The summed E-state index contributed by atoms with van der Waals surface area (Å²) in [6.45, 7) is 3.15. The molecule has 0 bridgehead atoms. The second-order valence-corrected chi connectivity index (χ2v) is 6.63. The first-order chi connectivity index (χ1) is 9.03. The third kappa shape index (κ3) is 4.09. The summed E-state index contributed by atoms with van der Waals surface area (Å²) in [7, 11) is 0. The molecule has 0 aliphatic heterocycles. The molecule has 1 aromatic rings. The van der Waals surface area contributed by atoms with Gasteiger partial charge < -0.3 is 10.4 Å². The normalized spacial score (nSPS) is 27.5. The zero-order valence-corrected chi connectivity index (χ0v) is 12.8. The number of halogens is 2. The molecule has 0 unspecified atom stereocenters. The molecule has 4 heteroatoms. The van der Waals surface area contributed by atoms with Crippen molar-refractivity contribution in [3.8, 4) is 0 Å². The van der Waals surface area contributed by atoms with Crippen LogP contribution in [0.3, 0.4) is 0 Å². The molecule has 2 nitrogen and oxygen atoms in total. The molecule has 1 aromatic carbocycles. The molecular formula is C15H21Cl2NO. The molecule has 1 aliphatic carbocycles. The van der Waals surface area contributed by atoms with E-state index in [1.165, 1.54) is 12.8 Å². The second kappa shape index (κ2) is 6.45. The minimum Gasteiger partial charge on any atom is -0.394 e. The molecule has 0 radical (unpaired) electrons. The Morgan fingerprint density at radius 1 is 1.21 bits per heavy atom. The monoisotopic (exact) mass is 301 g/mol. The molecule has 0 atom stereocenters. The van der Waals surface area contributed by atoms with Gasteiger partial charge in [0, 0.05) is 22.1 Å². The van der Waals surface area contributed by atoms with Crippen molar-refractivity contribution in [2.24, 2.45) is 5.92 Å². The van der Waals surface area contributed by atoms with Crippen LogP contribution in [-0.4, -0.2) is 17.3 Å². The van der Waals surface area contributed by atoms with Crippen molar-refractivity contribution < 1.29 is 5.11 Å². The zero-order chi connectivity index (χ0) is 13.9. The zero-order valence-electron chi connectivity index (χ0n) is 11.3. The summed E-state index contributed by atoms with van der Waals surface area (Å²) in [5, 5.41) is 14.5. The summed E-state index contributed by atoms with van der Waals surface area (Å²) in [5.41, 5.74) is 0.922. The van der Waals surface area contributed by atoms with Gasteiger partial charge in [0.15, 0.2) is 0 Å². The lowest BCUT2D eigenvalue weighted by Gasteiger charge is -2.39. The number of hydrogen-bond acceptors (Lipinski definition) is 2. The van der Waals surface area contributed by atoms with E-state index in [-0.39, 0.29) is 12.1 Å². The minimum absolute atomic E-state index is 0.138. The fraction of sp³-hybridized carbons (Fsp3) is 0.600. The number of rotatable bonds is 4. The van der Waals surface area contributed by atoms with Crippen LogP contribution < -0.4 is 5.32 Å². The highest BCUT2D eigenvalue weighted by Crippen LogP contribution is 2.32. The molecule has 0 aromatic heterocycles. The summed E-state index contributed by atoms with van der Waals surface area (Å²) < 4.78 is 0. The van der Waals surface area contributed by atoms with Crippen molar-refractivity contribution in [1.29, 1.82) is 0 Å². The number of benzene rings is 1. The van der Waals surface area contributed by atoms with Crippen LogP contribution in [0.4, 0.5) is 0 Å². The standard InChI is InChI=1S/C15H21Cl2NO/c1-11-2-4-15(10-19,5-3-11)18-9-12-6-13(16)8-14(17)7-12/h6-8,11,18-19H,2-5,9-10H2,1H3. The van der Waals surface area contributed by atoms with Gasteiger partial charge in [-0.1, -0.05) is 30.1 Å². The molecule has 0 heterocycles. The van der Waals surface area contributed by atoms with Crippen LogP contribution >= 0.6 is 23.2 Å². The maximum Gasteiger partial charge on any atom is 0.0613 e. The van der Waals surface area contributed by atoms with Gasteiger partial charge >= 0.3 is 0 Å². The van der Waals surface area contributed by atoms with Gasteiger partial charge in [0.05, 0.1) is 6.61 Å². The first kappa shape index (κ1) is 15.1. The highest BCUT2D eigenvalue weighted by molar-refractivity contribution is 6.34. The smallest absolute Gasteiger partial charge is 0.0613 e. The van der Waals surface area contributed by atoms with Crippen molar-refractivity contribution in [2.45, 2.75) is 44.7 Å². The Kier molecular flexibility index (Phi) is 5.13. The van der Waals surface area contributed by atoms with Gasteiger partial charge in [-0.25, -0.2) is 0 Å². The topological polar surface area (TPSA) is 32.3 Å². The molecule has 2 N–H and O–H groups in total. The number of aliphatic hydroxyl groups is 1. The van der Waals surface area contributed by atoms with E-state index in [1.54, 1.807) is 6.07 Å². The quantitative estimate of drug-likeness (QED) is 0.880. The molecule has 1 saturated carbocycles. The molecule has 19 heavy (non-hydrogen) atoms. The van der Waals surface area contributed by atoms with E-state index in [9.17, 15) is 5.11 Å². The fourth-order valence-corrected chi connectivity index (χ4v) is 3.28. The van der Waals surface area contributed by atoms with Gasteiger partial charge in [0.25, 0.3) is 0 Å². The van der Waals surface area contributed by atoms with Crippen LogP contribution in [0.2, 0.25) is 10.0 Å². The van der Waals surface area contributed by atoms with Crippen LogP contribution in [0.25, 0.3) is 0 Å². The van der Waals surface area contributed by atoms with Gasteiger partial charge in [0.2, 0.25) is 0 Å². The van der Waals surface area contributed by atoms with E-state index < -0.39 is 0 Å². The van der Waals surface area contributed by atoms with Crippen LogP contribution in [0, 0.1) is 5.92 Å². The summed E-state index contributed by atoms with van der Waals surface area (Å²) in [4.78, 5) is 0. The van der Waals surface area contributed by atoms with Gasteiger partial charge in [-0.05, 0) is 55.4 Å². The van der Waals surface area contributed by atoms with E-state index in [1.807, 2.05) is 12.1 Å². The molecule has 106 valence electrons. The third-order valence-electron chi connectivity index (χ3n) is 4.12. The van der Waals surface area contributed by atoms with Crippen molar-refractivity contribution in [3.05, 3.63) is 33.8 Å². The first-order valence-corrected chi connectivity index (χ1v) is 7.59. The van der Waals surface area contributed by atoms with Crippen molar-refractivity contribution in [3.63, 3.8) is 0 Å². The molecule has 1 fully saturated rings. The highest BCUT2D eigenvalue weighted by atomic mass is 35.5. The van der Waals surface area contributed by atoms with E-state index in [4.69, 9.17) is 23.2 Å². The Morgan fingerprint density at radius 3 is 2.32 bits per heavy atom. The van der Waals surface area contributed by atoms with Crippen molar-refractivity contribution in [1.82, 2.24) is 5.32 Å². The maximum atomic E-state index is 9.70. The van der Waals surface area contributed by atoms with Crippen molar-refractivity contribution >= 4 is 23.2 Å². The number of nitrogens with one attached hydrogen (secondary N) is 1. The van der Waals surface area contributed by atoms with E-state index in [0.29, 0.717) is 16.6 Å². The molecular weight excluding hydrogens is 281 g/mol. The van der Waals surface area contributed by atoms with Crippen LogP contribution in [-0.2, 0) is 6.54 Å². The third-order valence-corrected chi connectivity index (χ3v) is 4.56. The maximum absolute atomic E-state index is 9.70. The average Bonchev–Trinajstić information content (AvgIpc) is 2.38. The lowest BCUT2D eigenvalue weighted by atomic mass is 9.77. The SMILES string of the molecule is CC1CCC(CO)(NCc2cc(Cl)cc(Cl)c2)CC1. The van der Waals surface area contributed by atoms with Crippen LogP contribution in [0.1, 0.15) is 38.2 Å². The molecule has 0 spiro atoms. The average molecular weight is 302 g/mol. The Bertz CT molecular complexity index is 408. The molecule has 0 saturated heterocycles. The van der Waals surface area contributed by atoms with Crippen LogP contribution in [0.15, 0.2) is 18.2 Å². The highest BCUT2D eigenvalue weighted by Gasteiger charge is 2.32. The first-order valence-electron chi connectivity index (χ1n) is 6.84. The minimum atomic E-state index is -0.138. The Balaban J connectivity index is 1.99. The van der Waals surface area contributed by atoms with Gasteiger partial charge in [0.1, 0.15) is 0 Å². The molecule has 2 rings (SSSR count). The molecule has 0 amide bonds. The Labute approximate surface area is 125 Å². The lowest BCUT2D eigenvalue weighted by molar-refractivity contribution is 0.104. The Morgan fingerprint density at radius 2 is 1.79 bits per heavy atom. The second-order valence-electron chi connectivity index (χ2n) is 5.75. The number of hydrogen-bond donors (Lipinski definition) is 2.